The lowest BCUT2D eigenvalue weighted by molar-refractivity contribution is -0.117. The van der Waals surface area contributed by atoms with Gasteiger partial charge in [0.25, 0.3) is 5.91 Å². The molecule has 1 aromatic carbocycles. The minimum absolute atomic E-state index is 0.0946. The molecule has 1 aliphatic rings. The van der Waals surface area contributed by atoms with Gasteiger partial charge >= 0.3 is 0 Å². The van der Waals surface area contributed by atoms with Crippen LogP contribution in [0.5, 0.6) is 0 Å². The summed E-state index contributed by atoms with van der Waals surface area (Å²) in [4.78, 5) is 29.6. The third kappa shape index (κ3) is 3.60. The van der Waals surface area contributed by atoms with Gasteiger partial charge in [0.15, 0.2) is 0 Å². The monoisotopic (exact) mass is 308 g/mol. The number of rotatable bonds is 4. The number of amides is 2. The molecule has 1 saturated heterocycles. The molecule has 1 N–H and O–H groups in total. The molecule has 3 rings (SSSR count). The largest absolute Gasteiger partial charge is 0.312 e. The molecule has 1 aromatic heterocycles. The SMILES string of the molecule is O=C(NN=Cc1cccnc1)c1cccc(N2CCCC2=O)c1. The van der Waals surface area contributed by atoms with Gasteiger partial charge in [-0.05, 0) is 30.7 Å². The van der Waals surface area contributed by atoms with Crippen LogP contribution in [0.2, 0.25) is 0 Å². The fourth-order valence-electron chi connectivity index (χ4n) is 2.42. The summed E-state index contributed by atoms with van der Waals surface area (Å²) in [5, 5.41) is 3.91. The Morgan fingerprint density at radius 3 is 2.96 bits per heavy atom. The maximum atomic E-state index is 12.1. The number of hydrazone groups is 1. The van der Waals surface area contributed by atoms with E-state index in [0.29, 0.717) is 18.5 Å². The van der Waals surface area contributed by atoms with E-state index in [2.05, 4.69) is 15.5 Å². The molecule has 0 radical (unpaired) electrons. The number of benzene rings is 1. The van der Waals surface area contributed by atoms with E-state index in [1.807, 2.05) is 12.1 Å². The zero-order valence-electron chi connectivity index (χ0n) is 12.5. The van der Waals surface area contributed by atoms with Crippen LogP contribution in [0.3, 0.4) is 0 Å². The summed E-state index contributed by atoms with van der Waals surface area (Å²) < 4.78 is 0. The van der Waals surface area contributed by atoms with E-state index in [-0.39, 0.29) is 11.8 Å². The third-order valence-electron chi connectivity index (χ3n) is 3.56. The summed E-state index contributed by atoms with van der Waals surface area (Å²) in [6.07, 6.45) is 6.26. The van der Waals surface area contributed by atoms with E-state index < -0.39 is 0 Å². The molecule has 0 spiro atoms. The Morgan fingerprint density at radius 1 is 1.30 bits per heavy atom. The average Bonchev–Trinajstić information content (AvgIpc) is 3.02. The highest BCUT2D eigenvalue weighted by Gasteiger charge is 2.22. The molecule has 2 amide bonds. The molecule has 1 aliphatic heterocycles. The molecule has 116 valence electrons. The number of aromatic nitrogens is 1. The molecule has 2 heterocycles. The van der Waals surface area contributed by atoms with Crippen molar-refractivity contribution in [2.45, 2.75) is 12.8 Å². The van der Waals surface area contributed by atoms with Gasteiger partial charge in [0.2, 0.25) is 5.91 Å². The second-order valence-electron chi connectivity index (χ2n) is 5.18. The molecule has 0 saturated carbocycles. The zero-order valence-corrected chi connectivity index (χ0v) is 12.5. The summed E-state index contributed by atoms with van der Waals surface area (Å²) in [5.74, 6) is -0.226. The zero-order chi connectivity index (χ0) is 16.1. The van der Waals surface area contributed by atoms with Crippen LogP contribution in [0.25, 0.3) is 0 Å². The number of carbonyl (C=O) groups excluding carboxylic acids is 2. The molecule has 23 heavy (non-hydrogen) atoms. The van der Waals surface area contributed by atoms with Gasteiger partial charge < -0.3 is 4.90 Å². The number of nitrogens with one attached hydrogen (secondary N) is 1. The summed E-state index contributed by atoms with van der Waals surface area (Å²) in [6.45, 7) is 0.697. The van der Waals surface area contributed by atoms with Gasteiger partial charge in [-0.25, -0.2) is 5.43 Å². The molecule has 0 unspecified atom stereocenters. The first-order valence-corrected chi connectivity index (χ1v) is 7.38. The van der Waals surface area contributed by atoms with Gasteiger partial charge in [0.05, 0.1) is 6.21 Å². The number of anilines is 1. The van der Waals surface area contributed by atoms with Crippen molar-refractivity contribution in [2.24, 2.45) is 5.10 Å². The van der Waals surface area contributed by atoms with E-state index >= 15 is 0 Å². The number of hydrogen-bond donors (Lipinski definition) is 1. The molecule has 0 atom stereocenters. The summed E-state index contributed by atoms with van der Waals surface area (Å²) in [6, 6.07) is 10.6. The first-order chi connectivity index (χ1) is 11.2. The second kappa shape index (κ2) is 6.83. The molecule has 0 aliphatic carbocycles. The normalized spacial score (nSPS) is 14.4. The van der Waals surface area contributed by atoms with Crippen LogP contribution in [0, 0.1) is 0 Å². The highest BCUT2D eigenvalue weighted by atomic mass is 16.2. The lowest BCUT2D eigenvalue weighted by atomic mass is 10.2. The Morgan fingerprint density at radius 2 is 2.22 bits per heavy atom. The first kappa shape index (κ1) is 14.9. The highest BCUT2D eigenvalue weighted by Crippen LogP contribution is 2.22. The van der Waals surface area contributed by atoms with E-state index in [9.17, 15) is 9.59 Å². The predicted octanol–water partition coefficient (Wildman–Crippen LogP) is 1.97. The first-order valence-electron chi connectivity index (χ1n) is 7.38. The van der Waals surface area contributed by atoms with Crippen LogP contribution in [0.4, 0.5) is 5.69 Å². The Labute approximate surface area is 133 Å². The predicted molar refractivity (Wildman–Crippen MR) is 87.3 cm³/mol. The van der Waals surface area contributed by atoms with E-state index in [0.717, 1.165) is 17.7 Å². The molecular formula is C17H16N4O2. The fraction of sp³-hybridized carbons (Fsp3) is 0.176. The van der Waals surface area contributed by atoms with E-state index in [1.165, 1.54) is 6.21 Å². The summed E-state index contributed by atoms with van der Waals surface area (Å²) >= 11 is 0. The maximum Gasteiger partial charge on any atom is 0.271 e. The smallest absolute Gasteiger partial charge is 0.271 e. The molecule has 6 nitrogen and oxygen atoms in total. The van der Waals surface area contributed by atoms with Crippen molar-refractivity contribution < 1.29 is 9.59 Å². The standard InChI is InChI=1S/C17H16N4O2/c22-16-7-3-9-21(16)15-6-1-5-14(10-15)17(23)20-19-12-13-4-2-8-18-11-13/h1-2,4-6,8,10-12H,3,7,9H2,(H,20,23). The molecule has 0 bridgehead atoms. The van der Waals surface area contributed by atoms with Crippen molar-refractivity contribution in [1.29, 1.82) is 0 Å². The third-order valence-corrected chi connectivity index (χ3v) is 3.56. The topological polar surface area (TPSA) is 74.7 Å². The Balaban J connectivity index is 1.68. The van der Waals surface area contributed by atoms with Gasteiger partial charge in [-0.2, -0.15) is 5.10 Å². The maximum absolute atomic E-state index is 12.1. The van der Waals surface area contributed by atoms with Crippen molar-refractivity contribution in [3.05, 3.63) is 59.9 Å². The molecule has 2 aromatic rings. The van der Waals surface area contributed by atoms with Crippen molar-refractivity contribution >= 4 is 23.7 Å². The number of nitrogens with zero attached hydrogens (tertiary/aromatic N) is 3. The van der Waals surface area contributed by atoms with Crippen molar-refractivity contribution in [3.8, 4) is 0 Å². The number of carbonyl (C=O) groups is 2. The van der Waals surface area contributed by atoms with Crippen LogP contribution in [-0.2, 0) is 4.79 Å². The highest BCUT2D eigenvalue weighted by molar-refractivity contribution is 5.99. The van der Waals surface area contributed by atoms with E-state index in [4.69, 9.17) is 0 Å². The van der Waals surface area contributed by atoms with Crippen molar-refractivity contribution in [3.63, 3.8) is 0 Å². The van der Waals surface area contributed by atoms with Crippen LogP contribution >= 0.6 is 0 Å². The number of hydrogen-bond acceptors (Lipinski definition) is 4. The van der Waals surface area contributed by atoms with Crippen molar-refractivity contribution in [1.82, 2.24) is 10.4 Å². The van der Waals surface area contributed by atoms with Crippen LogP contribution in [0.15, 0.2) is 53.9 Å². The lowest BCUT2D eigenvalue weighted by Gasteiger charge is -2.16. The molecule has 6 heteroatoms. The quantitative estimate of drug-likeness (QED) is 0.693. The Kier molecular flexibility index (Phi) is 4.42. The Hall–Kier alpha value is -3.02. The van der Waals surface area contributed by atoms with Gasteiger partial charge in [-0.1, -0.05) is 12.1 Å². The summed E-state index contributed by atoms with van der Waals surface area (Å²) in [7, 11) is 0. The molecular weight excluding hydrogens is 292 g/mol. The fourth-order valence-corrected chi connectivity index (χ4v) is 2.42. The number of pyridine rings is 1. The molecule has 1 fully saturated rings. The summed E-state index contributed by atoms with van der Waals surface area (Å²) in [5.41, 5.74) is 4.48. The van der Waals surface area contributed by atoms with Gasteiger partial charge in [0.1, 0.15) is 0 Å². The lowest BCUT2D eigenvalue weighted by Crippen LogP contribution is -2.24. The van der Waals surface area contributed by atoms with Gasteiger partial charge in [-0.15, -0.1) is 0 Å². The van der Waals surface area contributed by atoms with Crippen LogP contribution in [0.1, 0.15) is 28.8 Å². The minimum atomic E-state index is -0.321. The Bertz CT molecular complexity index is 743. The van der Waals surface area contributed by atoms with Crippen LogP contribution in [-0.4, -0.2) is 29.6 Å². The van der Waals surface area contributed by atoms with Crippen molar-refractivity contribution in [2.75, 3.05) is 11.4 Å². The van der Waals surface area contributed by atoms with Gasteiger partial charge in [-0.3, -0.25) is 14.6 Å². The van der Waals surface area contributed by atoms with E-state index in [1.54, 1.807) is 41.6 Å². The second-order valence-corrected chi connectivity index (χ2v) is 5.18. The average molecular weight is 308 g/mol. The van der Waals surface area contributed by atoms with Crippen LogP contribution < -0.4 is 10.3 Å². The minimum Gasteiger partial charge on any atom is -0.312 e. The van der Waals surface area contributed by atoms with Gasteiger partial charge in [0, 0.05) is 42.2 Å².